The van der Waals surface area contributed by atoms with Crippen molar-refractivity contribution in [3.8, 4) is 0 Å². The van der Waals surface area contributed by atoms with Crippen LogP contribution in [-0.4, -0.2) is 37.3 Å². The van der Waals surface area contributed by atoms with Gasteiger partial charge in [0.05, 0.1) is 10.5 Å². The molecule has 136 valence electrons. The van der Waals surface area contributed by atoms with E-state index in [1.807, 2.05) is 0 Å². The Balaban J connectivity index is 2.09. The second-order valence-corrected chi connectivity index (χ2v) is 7.51. The predicted molar refractivity (Wildman–Crippen MR) is 91.6 cm³/mol. The van der Waals surface area contributed by atoms with Crippen LogP contribution in [0.2, 0.25) is 5.02 Å². The number of halogens is 4. The van der Waals surface area contributed by atoms with Gasteiger partial charge in [-0.1, -0.05) is 22.7 Å². The van der Waals surface area contributed by atoms with Gasteiger partial charge in [0.2, 0.25) is 10.0 Å². The van der Waals surface area contributed by atoms with Crippen LogP contribution in [0.1, 0.15) is 5.56 Å². The zero-order valence-electron chi connectivity index (χ0n) is 13.0. The molecule has 1 aliphatic heterocycles. The number of aliphatic imine (C=N–C) groups is 1. The smallest absolute Gasteiger partial charge is 0.225 e. The van der Waals surface area contributed by atoms with Gasteiger partial charge in [-0.05, 0) is 42.5 Å². The number of amidine groups is 1. The molecule has 0 spiro atoms. The van der Waals surface area contributed by atoms with Crippen LogP contribution in [0.25, 0.3) is 0 Å². The normalized spacial score (nSPS) is 17.8. The first kappa shape index (κ1) is 18.6. The van der Waals surface area contributed by atoms with Crippen LogP contribution in [0.4, 0.5) is 18.9 Å². The highest BCUT2D eigenvalue weighted by Gasteiger charge is 2.49. The molecule has 0 bridgehead atoms. The van der Waals surface area contributed by atoms with E-state index >= 15 is 0 Å². The number of hydrogen-bond donors (Lipinski definition) is 1. The van der Waals surface area contributed by atoms with E-state index in [0.29, 0.717) is 16.3 Å². The van der Waals surface area contributed by atoms with Crippen molar-refractivity contribution in [2.45, 2.75) is 17.1 Å². The molecule has 1 unspecified atom stereocenters. The molecule has 2 N–H and O–H groups in total. The van der Waals surface area contributed by atoms with Crippen molar-refractivity contribution >= 4 is 39.4 Å². The van der Waals surface area contributed by atoms with E-state index in [1.54, 1.807) is 18.2 Å². The van der Waals surface area contributed by atoms with E-state index in [0.717, 1.165) is 6.21 Å². The average Bonchev–Trinajstić information content (AvgIpc) is 3.00. The molecule has 3 rings (SSSR count). The summed E-state index contributed by atoms with van der Waals surface area (Å²) in [4.78, 5) is 3.62. The quantitative estimate of drug-likeness (QED) is 0.801. The molecule has 0 radical (unpaired) electrons. The molecule has 0 amide bonds. The Bertz CT molecular complexity index is 1020. The fourth-order valence-corrected chi connectivity index (χ4v) is 3.15. The zero-order valence-corrected chi connectivity index (χ0v) is 14.6. The number of primary sulfonamides is 1. The van der Waals surface area contributed by atoms with E-state index < -0.39 is 22.2 Å². The largest absolute Gasteiger partial charge is 0.440 e. The van der Waals surface area contributed by atoms with Crippen LogP contribution < -0.4 is 5.14 Å². The van der Waals surface area contributed by atoms with Crippen LogP contribution in [0.5, 0.6) is 0 Å². The Morgan fingerprint density at radius 2 is 1.77 bits per heavy atom. The molecule has 26 heavy (non-hydrogen) atoms. The van der Waals surface area contributed by atoms with Crippen LogP contribution in [0, 0.1) is 0 Å². The van der Waals surface area contributed by atoms with E-state index in [2.05, 4.69) is 4.99 Å². The molecule has 5 nitrogen and oxygen atoms in total. The Hall–Kier alpha value is -2.23. The van der Waals surface area contributed by atoms with Crippen LogP contribution in [0.3, 0.4) is 0 Å². The van der Waals surface area contributed by atoms with Gasteiger partial charge in [-0.2, -0.15) is 17.7 Å². The summed E-state index contributed by atoms with van der Waals surface area (Å²) in [5, 5.41) is 5.39. The van der Waals surface area contributed by atoms with E-state index in [9.17, 15) is 21.6 Å². The van der Waals surface area contributed by atoms with Gasteiger partial charge in [-0.25, -0.2) is 13.6 Å². The summed E-state index contributed by atoms with van der Waals surface area (Å²) in [6.07, 6.45) is -3.64. The molecule has 0 aromatic heterocycles. The maximum Gasteiger partial charge on any atom is 0.440 e. The summed E-state index contributed by atoms with van der Waals surface area (Å²) >= 11 is 5.93. The number of rotatable bonds is 3. The first-order valence-corrected chi connectivity index (χ1v) is 9.16. The maximum atomic E-state index is 13.2. The van der Waals surface area contributed by atoms with Crippen molar-refractivity contribution in [2.24, 2.45) is 10.1 Å². The van der Waals surface area contributed by atoms with Gasteiger partial charge < -0.3 is 0 Å². The lowest BCUT2D eigenvalue weighted by Crippen LogP contribution is -2.27. The summed E-state index contributed by atoms with van der Waals surface area (Å²) in [5.41, 5.74) is 0.707. The predicted octanol–water partition coefficient (Wildman–Crippen LogP) is 3.09. The summed E-state index contributed by atoms with van der Waals surface area (Å²) in [7, 11) is -3.90. The SMILES string of the molecule is NS(=O)(=O)c1ccc([N+]2=CC(C(F)(F)F)N=C2c2cccc(Cl)c2)cc1. The van der Waals surface area contributed by atoms with Crippen LogP contribution in [-0.2, 0) is 10.0 Å². The van der Waals surface area contributed by atoms with Crippen LogP contribution in [0.15, 0.2) is 58.4 Å². The molecule has 10 heteroatoms. The minimum atomic E-state index is -4.56. The number of nitrogens with zero attached hydrogens (tertiary/aromatic N) is 2. The van der Waals surface area contributed by atoms with E-state index in [1.165, 1.54) is 34.9 Å². The third-order valence-corrected chi connectivity index (χ3v) is 4.81. The van der Waals surface area contributed by atoms with Gasteiger partial charge in [-0.15, -0.1) is 0 Å². The summed E-state index contributed by atoms with van der Waals surface area (Å²) < 4.78 is 63.4. The number of sulfonamides is 1. The first-order valence-electron chi connectivity index (χ1n) is 7.23. The summed E-state index contributed by atoms with van der Waals surface area (Å²) in [6.45, 7) is 0. The monoisotopic (exact) mass is 402 g/mol. The Labute approximate surface area is 152 Å². The number of benzene rings is 2. The standard InChI is InChI=1S/C16H12ClF3N3O2S/c17-11-3-1-2-10(8-11)15-22-14(16(18,19)20)9-23(15)12-4-6-13(7-5-12)26(21,24)25/h1-9,14H,(H2,21,24,25)/q+1. The van der Waals surface area contributed by atoms with Crippen molar-refractivity contribution in [3.63, 3.8) is 0 Å². The van der Waals surface area contributed by atoms with Crippen LogP contribution >= 0.6 is 11.6 Å². The number of nitrogens with two attached hydrogens (primary N) is 1. The highest BCUT2D eigenvalue weighted by Crippen LogP contribution is 2.29. The minimum absolute atomic E-state index is 0.0539. The molecule has 0 saturated carbocycles. The van der Waals surface area contributed by atoms with Crippen molar-refractivity contribution in [1.82, 2.24) is 0 Å². The molecule has 1 heterocycles. The minimum Gasteiger partial charge on any atom is -0.225 e. The molecule has 2 aromatic carbocycles. The van der Waals surface area contributed by atoms with Crippen molar-refractivity contribution < 1.29 is 26.2 Å². The van der Waals surface area contributed by atoms with Gasteiger partial charge in [0.25, 0.3) is 6.04 Å². The molecule has 0 fully saturated rings. The lowest BCUT2D eigenvalue weighted by Gasteiger charge is -2.05. The molecule has 2 aromatic rings. The first-order chi connectivity index (χ1) is 12.1. The summed E-state index contributed by atoms with van der Waals surface area (Å²) in [5.74, 6) is 0.0539. The Morgan fingerprint density at radius 3 is 2.31 bits per heavy atom. The summed E-state index contributed by atoms with van der Waals surface area (Å²) in [6, 6.07) is 9.41. The topological polar surface area (TPSA) is 75.5 Å². The third kappa shape index (κ3) is 3.79. The van der Waals surface area contributed by atoms with Crippen molar-refractivity contribution in [3.05, 3.63) is 59.1 Å². The van der Waals surface area contributed by atoms with Crippen molar-refractivity contribution in [2.75, 3.05) is 0 Å². The zero-order chi connectivity index (χ0) is 19.1. The molecule has 1 aliphatic rings. The van der Waals surface area contributed by atoms with E-state index in [4.69, 9.17) is 16.7 Å². The van der Waals surface area contributed by atoms with Crippen molar-refractivity contribution in [1.29, 1.82) is 0 Å². The number of hydrogen-bond acceptors (Lipinski definition) is 3. The Morgan fingerprint density at radius 1 is 1.12 bits per heavy atom. The van der Waals surface area contributed by atoms with E-state index in [-0.39, 0.29) is 10.7 Å². The van der Waals surface area contributed by atoms with Gasteiger partial charge >= 0.3 is 12.0 Å². The lowest BCUT2D eigenvalue weighted by molar-refractivity contribution is -0.297. The highest BCUT2D eigenvalue weighted by molar-refractivity contribution is 7.89. The molecule has 0 saturated heterocycles. The number of alkyl halides is 3. The molecular weight excluding hydrogens is 391 g/mol. The van der Waals surface area contributed by atoms with Gasteiger partial charge in [-0.3, -0.25) is 0 Å². The lowest BCUT2D eigenvalue weighted by atomic mass is 10.2. The van der Waals surface area contributed by atoms with Gasteiger partial charge in [0.1, 0.15) is 11.9 Å². The average molecular weight is 403 g/mol. The van der Waals surface area contributed by atoms with Gasteiger partial charge in [0.15, 0.2) is 0 Å². The second kappa shape index (κ2) is 6.49. The fourth-order valence-electron chi connectivity index (χ4n) is 2.44. The Kier molecular flexibility index (Phi) is 4.63. The third-order valence-electron chi connectivity index (χ3n) is 3.64. The molecular formula is C16H12ClF3N3O2S+. The fraction of sp³-hybridized carbons (Fsp3) is 0.125. The molecule has 1 atom stereocenters. The second-order valence-electron chi connectivity index (χ2n) is 5.51. The highest BCUT2D eigenvalue weighted by atomic mass is 35.5. The van der Waals surface area contributed by atoms with Gasteiger partial charge in [0, 0.05) is 5.02 Å². The maximum absolute atomic E-state index is 13.2. The molecule has 0 aliphatic carbocycles.